The number of nitrogen functional groups attached to an aromatic ring is 2. The molecule has 3 rings (SSSR count). The molecule has 6 nitrogen and oxygen atoms in total. The largest absolute Gasteiger partial charge is 0.397 e. The highest BCUT2D eigenvalue weighted by molar-refractivity contribution is 7.21. The van der Waals surface area contributed by atoms with E-state index in [2.05, 4.69) is 16.4 Å². The number of nitrogens with one attached hydrogen (secondary N) is 1. The molecule has 0 aliphatic heterocycles. The van der Waals surface area contributed by atoms with Crippen molar-refractivity contribution in [2.45, 2.75) is 19.8 Å². The van der Waals surface area contributed by atoms with Crippen molar-refractivity contribution >= 4 is 44.7 Å². The van der Waals surface area contributed by atoms with E-state index < -0.39 is 0 Å². The monoisotopic (exact) mass is 351 g/mol. The number of benzene rings is 1. The lowest BCUT2D eigenvalue weighted by atomic mass is 9.95. The van der Waals surface area contributed by atoms with Crippen LogP contribution in [0.1, 0.15) is 40.6 Å². The maximum absolute atomic E-state index is 12.6. The quantitative estimate of drug-likeness (QED) is 0.665. The third-order valence-electron chi connectivity index (χ3n) is 3.87. The first-order chi connectivity index (χ1) is 11.9. The standard InChI is InChI=1S/C18H17N5OS/c1-9(2)12-11(8-19)16(21)23-18-13(12)14(20)15(25-18)17(24)22-10-6-4-3-5-7-10/h3-7,9H,20H2,1-2H3,(H2,21,23)(H,22,24). The van der Waals surface area contributed by atoms with Crippen molar-refractivity contribution in [2.75, 3.05) is 16.8 Å². The number of amides is 1. The fourth-order valence-corrected chi connectivity index (χ4v) is 3.79. The number of carbonyl (C=O) groups excluding carboxylic acids is 1. The Kier molecular flexibility index (Phi) is 4.30. The van der Waals surface area contributed by atoms with Gasteiger partial charge in [-0.2, -0.15) is 5.26 Å². The van der Waals surface area contributed by atoms with E-state index in [9.17, 15) is 10.1 Å². The molecule has 1 amide bonds. The van der Waals surface area contributed by atoms with E-state index in [-0.39, 0.29) is 17.6 Å². The molecule has 0 bridgehead atoms. The molecule has 2 aromatic heterocycles. The topological polar surface area (TPSA) is 118 Å². The minimum atomic E-state index is -0.307. The molecule has 0 unspecified atom stereocenters. The molecule has 0 saturated carbocycles. The number of hydrogen-bond donors (Lipinski definition) is 3. The third-order valence-corrected chi connectivity index (χ3v) is 4.97. The summed E-state index contributed by atoms with van der Waals surface area (Å²) in [5.74, 6) is -0.127. The first-order valence-corrected chi connectivity index (χ1v) is 8.53. The lowest BCUT2D eigenvalue weighted by Gasteiger charge is -2.12. The van der Waals surface area contributed by atoms with Crippen LogP contribution < -0.4 is 16.8 Å². The van der Waals surface area contributed by atoms with Crippen LogP contribution in [0.4, 0.5) is 17.2 Å². The number of rotatable bonds is 3. The average molecular weight is 351 g/mol. The number of fused-ring (bicyclic) bond motifs is 1. The minimum Gasteiger partial charge on any atom is -0.397 e. The van der Waals surface area contributed by atoms with Gasteiger partial charge >= 0.3 is 0 Å². The number of nitriles is 1. The Morgan fingerprint density at radius 1 is 1.28 bits per heavy atom. The number of thiophene rings is 1. The Hall–Kier alpha value is -3.11. The van der Waals surface area contributed by atoms with Gasteiger partial charge in [0.15, 0.2) is 0 Å². The summed E-state index contributed by atoms with van der Waals surface area (Å²) in [6, 6.07) is 11.2. The zero-order valence-electron chi connectivity index (χ0n) is 13.8. The summed E-state index contributed by atoms with van der Waals surface area (Å²) in [5, 5.41) is 12.9. The molecular weight excluding hydrogens is 334 g/mol. The summed E-state index contributed by atoms with van der Waals surface area (Å²) in [5.41, 5.74) is 14.3. The van der Waals surface area contributed by atoms with E-state index in [4.69, 9.17) is 11.5 Å². The van der Waals surface area contributed by atoms with Crippen molar-refractivity contribution < 1.29 is 4.79 Å². The van der Waals surface area contributed by atoms with Gasteiger partial charge in [-0.3, -0.25) is 4.79 Å². The van der Waals surface area contributed by atoms with Crippen LogP contribution in [0.3, 0.4) is 0 Å². The molecule has 0 saturated heterocycles. The molecule has 25 heavy (non-hydrogen) atoms. The number of hydrogen-bond acceptors (Lipinski definition) is 6. The molecule has 126 valence electrons. The van der Waals surface area contributed by atoms with Gasteiger partial charge in [-0.15, -0.1) is 11.3 Å². The van der Waals surface area contributed by atoms with E-state index in [1.807, 2.05) is 32.0 Å². The summed E-state index contributed by atoms with van der Waals surface area (Å²) in [6.07, 6.45) is 0. The zero-order chi connectivity index (χ0) is 18.1. The molecule has 0 spiro atoms. The first kappa shape index (κ1) is 16.7. The summed E-state index contributed by atoms with van der Waals surface area (Å²) in [7, 11) is 0. The van der Waals surface area contributed by atoms with Gasteiger partial charge in [-0.05, 0) is 23.6 Å². The third kappa shape index (κ3) is 2.88. The van der Waals surface area contributed by atoms with Crippen molar-refractivity contribution in [2.24, 2.45) is 0 Å². The van der Waals surface area contributed by atoms with Crippen molar-refractivity contribution in [3.63, 3.8) is 0 Å². The van der Waals surface area contributed by atoms with Crippen molar-refractivity contribution in [3.05, 3.63) is 46.3 Å². The highest BCUT2D eigenvalue weighted by atomic mass is 32.1. The molecule has 0 aliphatic carbocycles. The van der Waals surface area contributed by atoms with Crippen molar-refractivity contribution in [1.82, 2.24) is 4.98 Å². The smallest absolute Gasteiger partial charge is 0.267 e. The highest BCUT2D eigenvalue weighted by Crippen LogP contribution is 2.40. The van der Waals surface area contributed by atoms with Crippen molar-refractivity contribution in [1.29, 1.82) is 5.26 Å². The molecule has 0 aliphatic rings. The lowest BCUT2D eigenvalue weighted by molar-refractivity contribution is 0.103. The van der Waals surface area contributed by atoms with Gasteiger partial charge in [-0.25, -0.2) is 4.98 Å². The summed E-state index contributed by atoms with van der Waals surface area (Å²) < 4.78 is 0. The van der Waals surface area contributed by atoms with Crippen LogP contribution in [0.25, 0.3) is 10.2 Å². The molecule has 5 N–H and O–H groups in total. The van der Waals surface area contributed by atoms with Gasteiger partial charge in [0.1, 0.15) is 21.6 Å². The number of anilines is 3. The Bertz CT molecular complexity index is 1000. The predicted octanol–water partition coefficient (Wildman–Crippen LogP) is 3.71. The van der Waals surface area contributed by atoms with Gasteiger partial charge in [0.2, 0.25) is 0 Å². The molecule has 0 atom stereocenters. The second-order valence-electron chi connectivity index (χ2n) is 5.90. The zero-order valence-corrected chi connectivity index (χ0v) is 14.6. The maximum atomic E-state index is 12.6. The van der Waals surface area contributed by atoms with Gasteiger partial charge in [0.25, 0.3) is 5.91 Å². The fourth-order valence-electron chi connectivity index (χ4n) is 2.77. The van der Waals surface area contributed by atoms with Gasteiger partial charge in [0, 0.05) is 11.1 Å². The SMILES string of the molecule is CC(C)c1c(C#N)c(N)nc2sc(C(=O)Nc3ccccc3)c(N)c12. The van der Waals surface area contributed by atoms with Gasteiger partial charge in [-0.1, -0.05) is 32.0 Å². The Morgan fingerprint density at radius 3 is 2.56 bits per heavy atom. The average Bonchev–Trinajstić information content (AvgIpc) is 2.90. The number of nitrogens with zero attached hydrogens (tertiary/aromatic N) is 2. The number of carbonyl (C=O) groups is 1. The second-order valence-corrected chi connectivity index (χ2v) is 6.90. The Balaban J connectivity index is 2.16. The van der Waals surface area contributed by atoms with Gasteiger partial charge in [0.05, 0.1) is 11.3 Å². The van der Waals surface area contributed by atoms with E-state index in [1.165, 1.54) is 11.3 Å². The fraction of sp³-hybridized carbons (Fsp3) is 0.167. The molecule has 3 aromatic rings. The van der Waals surface area contributed by atoms with E-state index in [1.54, 1.807) is 12.1 Å². The normalized spacial score (nSPS) is 10.8. The molecule has 7 heteroatoms. The highest BCUT2D eigenvalue weighted by Gasteiger charge is 2.24. The predicted molar refractivity (Wildman–Crippen MR) is 102 cm³/mol. The van der Waals surface area contributed by atoms with Crippen LogP contribution in [-0.2, 0) is 0 Å². The molecule has 2 heterocycles. The second kappa shape index (κ2) is 6.42. The Morgan fingerprint density at radius 2 is 1.96 bits per heavy atom. The lowest BCUT2D eigenvalue weighted by Crippen LogP contribution is -2.12. The van der Waals surface area contributed by atoms with Crippen LogP contribution in [0.5, 0.6) is 0 Å². The van der Waals surface area contributed by atoms with Crippen LogP contribution in [0, 0.1) is 11.3 Å². The number of aromatic nitrogens is 1. The van der Waals surface area contributed by atoms with Crippen LogP contribution >= 0.6 is 11.3 Å². The van der Waals surface area contributed by atoms with Gasteiger partial charge < -0.3 is 16.8 Å². The van der Waals surface area contributed by atoms with E-state index in [0.717, 1.165) is 5.56 Å². The number of pyridine rings is 1. The Labute approximate surface area is 149 Å². The number of nitrogens with two attached hydrogens (primary N) is 2. The van der Waals surface area contributed by atoms with Crippen LogP contribution in [0.15, 0.2) is 30.3 Å². The molecule has 1 aromatic carbocycles. The summed E-state index contributed by atoms with van der Waals surface area (Å²) >= 11 is 1.18. The molecule has 0 fully saturated rings. The summed E-state index contributed by atoms with van der Waals surface area (Å²) in [6.45, 7) is 3.91. The van der Waals surface area contributed by atoms with Crippen LogP contribution in [-0.4, -0.2) is 10.9 Å². The summed E-state index contributed by atoms with van der Waals surface area (Å²) in [4.78, 5) is 17.8. The minimum absolute atomic E-state index is 0.0179. The van der Waals surface area contributed by atoms with E-state index >= 15 is 0 Å². The van der Waals surface area contributed by atoms with E-state index in [0.29, 0.717) is 32.0 Å². The first-order valence-electron chi connectivity index (χ1n) is 7.71. The molecular formula is C18H17N5OS. The van der Waals surface area contributed by atoms with Crippen molar-refractivity contribution in [3.8, 4) is 6.07 Å². The number of para-hydroxylation sites is 1. The molecule has 0 radical (unpaired) electrons. The maximum Gasteiger partial charge on any atom is 0.267 e. The van der Waals surface area contributed by atoms with Crippen LogP contribution in [0.2, 0.25) is 0 Å².